The Labute approximate surface area is 113 Å². The van der Waals surface area contributed by atoms with E-state index in [2.05, 4.69) is 0 Å². The number of rotatable bonds is 3. The topological polar surface area (TPSA) is 59.3 Å². The summed E-state index contributed by atoms with van der Waals surface area (Å²) >= 11 is 0. The van der Waals surface area contributed by atoms with Gasteiger partial charge in [-0.2, -0.15) is 0 Å². The minimum atomic E-state index is -1.19. The van der Waals surface area contributed by atoms with Crippen LogP contribution in [0, 0.1) is 18.6 Å². The first-order chi connectivity index (χ1) is 9.31. The van der Waals surface area contributed by atoms with E-state index in [0.29, 0.717) is 6.07 Å². The molecule has 0 aliphatic rings. The molecular formula is C14H11F2NO3. The van der Waals surface area contributed by atoms with E-state index >= 15 is 0 Å². The summed E-state index contributed by atoms with van der Waals surface area (Å²) in [5.74, 6) is -3.59. The molecule has 0 saturated heterocycles. The molecule has 0 unspecified atom stereocenters. The van der Waals surface area contributed by atoms with E-state index in [0.717, 1.165) is 12.1 Å². The van der Waals surface area contributed by atoms with E-state index in [1.54, 1.807) is 0 Å². The lowest BCUT2D eigenvalue weighted by Crippen LogP contribution is -2.05. The van der Waals surface area contributed by atoms with Crippen molar-refractivity contribution in [3.63, 3.8) is 0 Å². The van der Waals surface area contributed by atoms with Gasteiger partial charge >= 0.3 is 5.97 Å². The van der Waals surface area contributed by atoms with E-state index in [1.165, 1.54) is 24.7 Å². The lowest BCUT2D eigenvalue weighted by atomic mass is 10.0. The van der Waals surface area contributed by atoms with Crippen molar-refractivity contribution in [2.75, 3.05) is 0 Å². The van der Waals surface area contributed by atoms with Gasteiger partial charge in [0, 0.05) is 24.9 Å². The Morgan fingerprint density at radius 3 is 2.35 bits per heavy atom. The summed E-state index contributed by atoms with van der Waals surface area (Å²) in [6.45, 7) is 1.42. The van der Waals surface area contributed by atoms with E-state index < -0.39 is 23.4 Å². The third-order valence-electron chi connectivity index (χ3n) is 2.98. The number of aromatic nitrogens is 1. The normalized spacial score (nSPS) is 10.6. The van der Waals surface area contributed by atoms with E-state index in [-0.39, 0.29) is 22.4 Å². The molecule has 0 bridgehead atoms. The van der Waals surface area contributed by atoms with Gasteiger partial charge in [-0.1, -0.05) is 0 Å². The van der Waals surface area contributed by atoms with E-state index in [1.807, 2.05) is 0 Å². The van der Waals surface area contributed by atoms with Gasteiger partial charge in [-0.25, -0.2) is 13.6 Å². The molecule has 2 aromatic rings. The quantitative estimate of drug-likeness (QED) is 0.878. The molecule has 1 heterocycles. The van der Waals surface area contributed by atoms with Crippen LogP contribution in [0.25, 0.3) is 0 Å². The van der Waals surface area contributed by atoms with Crippen molar-refractivity contribution in [1.82, 2.24) is 4.57 Å². The molecule has 0 amide bonds. The van der Waals surface area contributed by atoms with Crippen molar-refractivity contribution in [2.45, 2.75) is 6.92 Å². The monoisotopic (exact) mass is 279 g/mol. The molecule has 20 heavy (non-hydrogen) atoms. The average Bonchev–Trinajstić information content (AvgIpc) is 2.75. The molecule has 0 radical (unpaired) electrons. The average molecular weight is 279 g/mol. The van der Waals surface area contributed by atoms with Crippen LogP contribution in [0.15, 0.2) is 24.4 Å². The van der Waals surface area contributed by atoms with Crippen LogP contribution in [0.4, 0.5) is 8.78 Å². The third kappa shape index (κ3) is 2.32. The highest BCUT2D eigenvalue weighted by atomic mass is 19.1. The number of aromatic carboxylic acids is 1. The Hall–Kier alpha value is -2.50. The third-order valence-corrected chi connectivity index (χ3v) is 2.98. The van der Waals surface area contributed by atoms with Crippen LogP contribution in [-0.4, -0.2) is 21.4 Å². The number of carboxylic acid groups (broad SMARTS) is 1. The molecule has 0 aliphatic carbocycles. The Kier molecular flexibility index (Phi) is 3.40. The fourth-order valence-corrected chi connectivity index (χ4v) is 1.89. The van der Waals surface area contributed by atoms with Crippen LogP contribution in [0.5, 0.6) is 0 Å². The van der Waals surface area contributed by atoms with Crippen LogP contribution in [0.3, 0.4) is 0 Å². The molecule has 6 heteroatoms. The maximum atomic E-state index is 13.6. The standard InChI is InChI=1S/C14H11F2NO3/c1-7-3-9(11(16)5-10(7)15)13(18)8-4-12(14(19)20)17(2)6-8/h3-6H,1-2H3,(H,19,20). The zero-order valence-corrected chi connectivity index (χ0v) is 10.8. The van der Waals surface area contributed by atoms with Crippen molar-refractivity contribution in [3.8, 4) is 0 Å². The smallest absolute Gasteiger partial charge is 0.352 e. The molecule has 104 valence electrons. The first-order valence-corrected chi connectivity index (χ1v) is 5.71. The summed E-state index contributed by atoms with van der Waals surface area (Å²) < 4.78 is 28.1. The fraction of sp³-hybridized carbons (Fsp3) is 0.143. The van der Waals surface area contributed by atoms with Gasteiger partial charge in [0.05, 0.1) is 5.56 Å². The first-order valence-electron chi connectivity index (χ1n) is 5.71. The van der Waals surface area contributed by atoms with Crippen molar-refractivity contribution >= 4 is 11.8 Å². The van der Waals surface area contributed by atoms with Gasteiger partial charge in [0.2, 0.25) is 0 Å². The van der Waals surface area contributed by atoms with Crippen LogP contribution in [0.1, 0.15) is 32.0 Å². The Morgan fingerprint density at radius 1 is 1.15 bits per heavy atom. The molecular weight excluding hydrogens is 268 g/mol. The zero-order valence-electron chi connectivity index (χ0n) is 10.8. The number of aryl methyl sites for hydroxylation is 2. The van der Waals surface area contributed by atoms with Crippen LogP contribution >= 0.6 is 0 Å². The number of nitrogens with zero attached hydrogens (tertiary/aromatic N) is 1. The number of ketones is 1. The molecule has 0 atom stereocenters. The van der Waals surface area contributed by atoms with Gasteiger partial charge in [-0.3, -0.25) is 4.79 Å². The zero-order chi connectivity index (χ0) is 15.0. The SMILES string of the molecule is Cc1cc(C(=O)c2cc(C(=O)O)n(C)c2)c(F)cc1F. The summed E-state index contributed by atoms with van der Waals surface area (Å²) in [7, 11) is 1.46. The lowest BCUT2D eigenvalue weighted by Gasteiger charge is -2.03. The number of carbonyl (C=O) groups is 2. The van der Waals surface area contributed by atoms with Crippen LogP contribution in [0.2, 0.25) is 0 Å². The minimum absolute atomic E-state index is 0.0369. The highest BCUT2D eigenvalue weighted by Gasteiger charge is 2.20. The second-order valence-electron chi connectivity index (χ2n) is 4.44. The summed E-state index contributed by atoms with van der Waals surface area (Å²) in [4.78, 5) is 23.1. The Balaban J connectivity index is 2.49. The highest BCUT2D eigenvalue weighted by Crippen LogP contribution is 2.19. The van der Waals surface area contributed by atoms with E-state index in [9.17, 15) is 18.4 Å². The predicted molar refractivity (Wildman–Crippen MR) is 66.9 cm³/mol. The largest absolute Gasteiger partial charge is 0.477 e. The molecule has 0 fully saturated rings. The van der Waals surface area contributed by atoms with Gasteiger partial charge < -0.3 is 9.67 Å². The number of halogens is 2. The minimum Gasteiger partial charge on any atom is -0.477 e. The molecule has 0 saturated carbocycles. The number of hydrogen-bond donors (Lipinski definition) is 1. The number of hydrogen-bond acceptors (Lipinski definition) is 2. The molecule has 0 aliphatic heterocycles. The predicted octanol–water partition coefficient (Wildman–Crippen LogP) is 2.54. The fourth-order valence-electron chi connectivity index (χ4n) is 1.89. The Bertz CT molecular complexity index is 719. The number of carbonyl (C=O) groups excluding carboxylic acids is 1. The summed E-state index contributed by atoms with van der Waals surface area (Å²) in [6, 6.07) is 2.91. The van der Waals surface area contributed by atoms with Gasteiger partial charge in [0.1, 0.15) is 17.3 Å². The molecule has 4 nitrogen and oxygen atoms in total. The molecule has 1 aromatic carbocycles. The maximum Gasteiger partial charge on any atom is 0.352 e. The maximum absolute atomic E-state index is 13.6. The van der Waals surface area contributed by atoms with Gasteiger partial charge in [0.25, 0.3) is 0 Å². The molecule has 0 spiro atoms. The second kappa shape index (κ2) is 4.88. The van der Waals surface area contributed by atoms with Crippen molar-refractivity contribution < 1.29 is 23.5 Å². The molecule has 2 rings (SSSR count). The van der Waals surface area contributed by atoms with Crippen LogP contribution in [-0.2, 0) is 7.05 Å². The van der Waals surface area contributed by atoms with Crippen molar-refractivity contribution in [3.05, 3.63) is 58.4 Å². The summed E-state index contributed by atoms with van der Waals surface area (Å²) in [6.07, 6.45) is 1.30. The lowest BCUT2D eigenvalue weighted by molar-refractivity contribution is 0.0686. The summed E-state index contributed by atoms with van der Waals surface area (Å²) in [5.41, 5.74) is -0.196. The highest BCUT2D eigenvalue weighted by molar-refractivity contribution is 6.10. The van der Waals surface area contributed by atoms with Crippen LogP contribution < -0.4 is 0 Å². The number of carboxylic acids is 1. The Morgan fingerprint density at radius 2 is 1.80 bits per heavy atom. The van der Waals surface area contributed by atoms with Gasteiger partial charge in [0.15, 0.2) is 5.78 Å². The molecule has 1 N–H and O–H groups in total. The second-order valence-corrected chi connectivity index (χ2v) is 4.44. The van der Waals surface area contributed by atoms with Gasteiger partial charge in [-0.05, 0) is 24.6 Å². The number of benzene rings is 1. The molecule has 1 aromatic heterocycles. The van der Waals surface area contributed by atoms with Gasteiger partial charge in [-0.15, -0.1) is 0 Å². The van der Waals surface area contributed by atoms with Crippen molar-refractivity contribution in [2.24, 2.45) is 7.05 Å². The summed E-state index contributed by atoms with van der Waals surface area (Å²) in [5, 5.41) is 8.91. The van der Waals surface area contributed by atoms with E-state index in [4.69, 9.17) is 5.11 Å². The first kappa shape index (κ1) is 13.9. The van der Waals surface area contributed by atoms with Crippen molar-refractivity contribution in [1.29, 1.82) is 0 Å².